The summed E-state index contributed by atoms with van der Waals surface area (Å²) in [5, 5.41) is 14.4. The number of para-hydroxylation sites is 1. The second kappa shape index (κ2) is 7.51. The molecule has 122 valence electrons. The van der Waals surface area contributed by atoms with Gasteiger partial charge < -0.3 is 15.4 Å². The zero-order valence-corrected chi connectivity index (χ0v) is 13.3. The van der Waals surface area contributed by atoms with E-state index in [0.717, 1.165) is 18.6 Å². The third kappa shape index (κ3) is 3.85. The minimum Gasteiger partial charge on any atom is -0.492 e. The smallest absolute Gasteiger partial charge is 0.319 e. The number of aryl methyl sites for hydroxylation is 2. The van der Waals surface area contributed by atoms with Gasteiger partial charge in [-0.3, -0.25) is 0 Å². The van der Waals surface area contributed by atoms with E-state index in [0.29, 0.717) is 24.4 Å². The number of anilines is 1. The zero-order chi connectivity index (χ0) is 16.8. The van der Waals surface area contributed by atoms with Crippen LogP contribution in [0.4, 0.5) is 10.5 Å². The summed E-state index contributed by atoms with van der Waals surface area (Å²) in [6, 6.07) is 14.8. The monoisotopic (exact) mass is 321 g/mol. The summed E-state index contributed by atoms with van der Waals surface area (Å²) in [4.78, 5) is 11.9. The molecule has 2 aromatic carbocycles. The number of nitrogens with one attached hydrogen (secondary N) is 2. The summed E-state index contributed by atoms with van der Waals surface area (Å²) in [6.07, 6.45) is 3.48. The van der Waals surface area contributed by atoms with Crippen molar-refractivity contribution < 1.29 is 9.53 Å². The predicted molar refractivity (Wildman–Crippen MR) is 92.1 cm³/mol. The zero-order valence-electron chi connectivity index (χ0n) is 13.3. The van der Waals surface area contributed by atoms with Crippen LogP contribution in [-0.4, -0.2) is 19.2 Å². The molecule has 24 heavy (non-hydrogen) atoms. The van der Waals surface area contributed by atoms with Crippen molar-refractivity contribution in [2.45, 2.75) is 19.3 Å². The molecular formula is C19H19N3O2. The van der Waals surface area contributed by atoms with Gasteiger partial charge in [-0.1, -0.05) is 18.2 Å². The third-order valence-electron chi connectivity index (χ3n) is 4.02. The van der Waals surface area contributed by atoms with E-state index in [4.69, 9.17) is 10.00 Å². The van der Waals surface area contributed by atoms with Crippen LogP contribution in [0.15, 0.2) is 42.5 Å². The van der Waals surface area contributed by atoms with E-state index in [1.54, 1.807) is 24.3 Å². The maximum absolute atomic E-state index is 11.9. The lowest BCUT2D eigenvalue weighted by molar-refractivity contribution is 0.247. The van der Waals surface area contributed by atoms with Gasteiger partial charge >= 0.3 is 6.03 Å². The summed E-state index contributed by atoms with van der Waals surface area (Å²) in [5.74, 6) is 0.840. The van der Waals surface area contributed by atoms with Crippen molar-refractivity contribution in [3.8, 4) is 11.8 Å². The molecule has 2 aromatic rings. The van der Waals surface area contributed by atoms with E-state index in [-0.39, 0.29) is 6.03 Å². The Labute approximate surface area is 141 Å². The molecule has 5 heteroatoms. The minimum atomic E-state index is -0.352. The van der Waals surface area contributed by atoms with Crippen molar-refractivity contribution >= 4 is 11.7 Å². The first-order valence-electron chi connectivity index (χ1n) is 8.05. The number of amides is 2. The molecule has 1 aliphatic carbocycles. The molecule has 1 aliphatic rings. The normalized spacial score (nSPS) is 12.1. The highest BCUT2D eigenvalue weighted by Crippen LogP contribution is 2.25. The Bertz CT molecular complexity index is 780. The average molecular weight is 321 g/mol. The van der Waals surface area contributed by atoms with Crippen LogP contribution in [0.1, 0.15) is 23.1 Å². The quantitative estimate of drug-likeness (QED) is 0.830. The number of ether oxygens (including phenoxy) is 1. The molecule has 0 saturated heterocycles. The number of hydrogen-bond donors (Lipinski definition) is 2. The van der Waals surface area contributed by atoms with Gasteiger partial charge in [0.25, 0.3) is 0 Å². The highest BCUT2D eigenvalue weighted by Gasteiger charge is 2.11. The molecule has 0 atom stereocenters. The maximum atomic E-state index is 11.9. The van der Waals surface area contributed by atoms with Crippen molar-refractivity contribution in [3.63, 3.8) is 0 Å². The Hall–Kier alpha value is -3.00. The lowest BCUT2D eigenvalue weighted by Gasteiger charge is -2.10. The fraction of sp³-hybridized carbons (Fsp3) is 0.263. The molecule has 0 fully saturated rings. The van der Waals surface area contributed by atoms with Gasteiger partial charge in [0.15, 0.2) is 0 Å². The van der Waals surface area contributed by atoms with Crippen LogP contribution in [0.25, 0.3) is 0 Å². The molecule has 0 unspecified atom stereocenters. The van der Waals surface area contributed by atoms with Crippen molar-refractivity contribution in [1.82, 2.24) is 5.32 Å². The molecule has 0 bridgehead atoms. The lowest BCUT2D eigenvalue weighted by Crippen LogP contribution is -2.32. The number of carbonyl (C=O) groups is 1. The SMILES string of the molecule is N#Cc1ccccc1NC(=O)NCCOc1ccc2c(c1)CCC2. The fourth-order valence-electron chi connectivity index (χ4n) is 2.83. The van der Waals surface area contributed by atoms with Crippen LogP contribution in [0.3, 0.4) is 0 Å². The molecule has 0 saturated carbocycles. The molecule has 0 heterocycles. The Kier molecular flexibility index (Phi) is 4.97. The van der Waals surface area contributed by atoms with E-state index in [2.05, 4.69) is 22.8 Å². The van der Waals surface area contributed by atoms with Crippen LogP contribution < -0.4 is 15.4 Å². The second-order valence-electron chi connectivity index (χ2n) is 5.67. The van der Waals surface area contributed by atoms with Crippen LogP contribution in [0, 0.1) is 11.3 Å². The first-order chi connectivity index (χ1) is 11.8. The number of nitrogens with zero attached hydrogens (tertiary/aromatic N) is 1. The van der Waals surface area contributed by atoms with Gasteiger partial charge in [-0.15, -0.1) is 0 Å². The molecule has 2 N–H and O–H groups in total. The van der Waals surface area contributed by atoms with Crippen molar-refractivity contribution in [1.29, 1.82) is 5.26 Å². The Morgan fingerprint density at radius 3 is 2.88 bits per heavy atom. The van der Waals surface area contributed by atoms with Gasteiger partial charge in [-0.25, -0.2) is 4.79 Å². The summed E-state index contributed by atoms with van der Waals surface area (Å²) in [7, 11) is 0. The van der Waals surface area contributed by atoms with Crippen LogP contribution in [0.2, 0.25) is 0 Å². The Morgan fingerprint density at radius 1 is 1.17 bits per heavy atom. The minimum absolute atomic E-state index is 0.352. The molecule has 0 aliphatic heterocycles. The van der Waals surface area contributed by atoms with Crippen molar-refractivity contribution in [3.05, 3.63) is 59.2 Å². The molecular weight excluding hydrogens is 302 g/mol. The van der Waals surface area contributed by atoms with Gasteiger partial charge in [-0.05, 0) is 54.7 Å². The highest BCUT2D eigenvalue weighted by atomic mass is 16.5. The maximum Gasteiger partial charge on any atom is 0.319 e. The molecule has 3 rings (SSSR count). The summed E-state index contributed by atoms with van der Waals surface area (Å²) in [6.45, 7) is 0.781. The molecule has 5 nitrogen and oxygen atoms in total. The molecule has 2 amide bonds. The Balaban J connectivity index is 1.43. The topological polar surface area (TPSA) is 74.2 Å². The number of rotatable bonds is 5. The number of carbonyl (C=O) groups excluding carboxylic acids is 1. The summed E-state index contributed by atoms with van der Waals surface area (Å²) < 4.78 is 5.68. The molecule has 0 spiro atoms. The first-order valence-corrected chi connectivity index (χ1v) is 8.05. The summed E-state index contributed by atoms with van der Waals surface area (Å²) in [5.41, 5.74) is 3.71. The van der Waals surface area contributed by atoms with Gasteiger partial charge in [0.1, 0.15) is 18.4 Å². The molecule has 0 radical (unpaired) electrons. The number of nitriles is 1. The average Bonchev–Trinajstić information content (AvgIpc) is 3.07. The number of fused-ring (bicyclic) bond motifs is 1. The van der Waals surface area contributed by atoms with Gasteiger partial charge in [0, 0.05) is 0 Å². The Morgan fingerprint density at radius 2 is 2.00 bits per heavy atom. The largest absolute Gasteiger partial charge is 0.492 e. The fourth-order valence-corrected chi connectivity index (χ4v) is 2.83. The summed E-state index contributed by atoms with van der Waals surface area (Å²) >= 11 is 0. The molecule has 0 aromatic heterocycles. The number of urea groups is 1. The number of benzene rings is 2. The van der Waals surface area contributed by atoms with E-state index < -0.39 is 0 Å². The first kappa shape index (κ1) is 15.9. The van der Waals surface area contributed by atoms with Crippen molar-refractivity contribution in [2.75, 3.05) is 18.5 Å². The predicted octanol–water partition coefficient (Wildman–Crippen LogP) is 3.25. The van der Waals surface area contributed by atoms with E-state index in [1.807, 2.05) is 12.1 Å². The lowest BCUT2D eigenvalue weighted by atomic mass is 10.1. The highest BCUT2D eigenvalue weighted by molar-refractivity contribution is 5.90. The van der Waals surface area contributed by atoms with Crippen LogP contribution in [0.5, 0.6) is 5.75 Å². The van der Waals surface area contributed by atoms with E-state index >= 15 is 0 Å². The van der Waals surface area contributed by atoms with E-state index in [9.17, 15) is 4.79 Å². The standard InChI is InChI=1S/C19H19N3O2/c20-13-16-4-1-2-7-18(16)22-19(23)21-10-11-24-17-9-8-14-5-3-6-15(14)12-17/h1-2,4,7-9,12H,3,5-6,10-11H2,(H2,21,22,23). The third-order valence-corrected chi connectivity index (χ3v) is 4.02. The van der Waals surface area contributed by atoms with Gasteiger partial charge in [0.05, 0.1) is 17.8 Å². The van der Waals surface area contributed by atoms with Crippen molar-refractivity contribution in [2.24, 2.45) is 0 Å². The van der Waals surface area contributed by atoms with Crippen LogP contribution >= 0.6 is 0 Å². The second-order valence-corrected chi connectivity index (χ2v) is 5.67. The van der Waals surface area contributed by atoms with Crippen LogP contribution in [-0.2, 0) is 12.8 Å². The number of hydrogen-bond acceptors (Lipinski definition) is 3. The van der Waals surface area contributed by atoms with Gasteiger partial charge in [0.2, 0.25) is 0 Å². The van der Waals surface area contributed by atoms with E-state index in [1.165, 1.54) is 17.5 Å². The van der Waals surface area contributed by atoms with Gasteiger partial charge in [-0.2, -0.15) is 5.26 Å².